The minimum Gasteiger partial charge on any atom is -0.372 e. The van der Waals surface area contributed by atoms with Gasteiger partial charge in [-0.25, -0.2) is 0 Å². The predicted molar refractivity (Wildman–Crippen MR) is 200 cm³/mol. The highest BCUT2D eigenvalue weighted by molar-refractivity contribution is 6.22. The number of hydrogen-bond acceptors (Lipinski definition) is 9. The van der Waals surface area contributed by atoms with Crippen LogP contribution in [0.5, 0.6) is 0 Å². The molecule has 5 fully saturated rings. The highest BCUT2D eigenvalue weighted by Crippen LogP contribution is 2.44. The summed E-state index contributed by atoms with van der Waals surface area (Å²) in [6.45, 7) is 14.0. The van der Waals surface area contributed by atoms with Gasteiger partial charge >= 0.3 is 0 Å². The Bertz CT molecular complexity index is 1620. The van der Waals surface area contributed by atoms with Crippen LogP contribution in [0.2, 0.25) is 0 Å². The fourth-order valence-electron chi connectivity index (χ4n) is 8.85. The molecule has 0 saturated carbocycles. The molecule has 1 unspecified atom stereocenters. The molecule has 288 valence electrons. The predicted octanol–water partition coefficient (Wildman–Crippen LogP) is 2.05. The van der Waals surface area contributed by atoms with Crippen LogP contribution in [-0.2, 0) is 28.8 Å². The van der Waals surface area contributed by atoms with Gasteiger partial charge in [0.25, 0.3) is 11.8 Å². The molecule has 0 radical (unpaired) electrons. The first-order chi connectivity index (χ1) is 25.4. The van der Waals surface area contributed by atoms with Crippen molar-refractivity contribution in [1.82, 2.24) is 34.7 Å². The van der Waals surface area contributed by atoms with Gasteiger partial charge in [0, 0.05) is 107 Å². The average molecular weight is 752 g/mol. The molecule has 53 heavy (non-hydrogen) atoms. The first kappa shape index (κ1) is 38.9. The second kappa shape index (κ2) is 16.7. The Morgan fingerprint density at radius 3 is 2.32 bits per heavy atom. The lowest BCUT2D eigenvalue weighted by Crippen LogP contribution is -2.54. The van der Waals surface area contributed by atoms with Crippen LogP contribution in [0.15, 0.2) is 46.7 Å². The lowest BCUT2D eigenvalue weighted by molar-refractivity contribution is -0.150. The fraction of sp³-hybridized carbons (Fsp3) is 0.641. The van der Waals surface area contributed by atoms with Gasteiger partial charge in [-0.2, -0.15) is 0 Å². The fourth-order valence-corrected chi connectivity index (χ4v) is 9.07. The van der Waals surface area contributed by atoms with Crippen LogP contribution < -0.4 is 5.32 Å². The summed E-state index contributed by atoms with van der Waals surface area (Å²) in [7, 11) is 0. The molecule has 6 amide bonds. The minimum atomic E-state index is -0.998. The normalized spacial score (nSPS) is 27.1. The summed E-state index contributed by atoms with van der Waals surface area (Å²) in [4.78, 5) is 88.1. The molecule has 5 saturated heterocycles. The molecule has 13 nitrogen and oxygen atoms in total. The number of imide groups is 2. The van der Waals surface area contributed by atoms with Crippen LogP contribution in [0.25, 0.3) is 0 Å². The number of rotatable bonds is 10. The third-order valence-electron chi connectivity index (χ3n) is 12.1. The van der Waals surface area contributed by atoms with Gasteiger partial charge in [-0.05, 0) is 69.9 Å². The number of nitrogens with one attached hydrogen (secondary N) is 1. The van der Waals surface area contributed by atoms with Gasteiger partial charge in [0.05, 0.1) is 6.54 Å². The zero-order chi connectivity index (χ0) is 37.9. The van der Waals surface area contributed by atoms with Gasteiger partial charge in [-0.1, -0.05) is 18.2 Å². The van der Waals surface area contributed by atoms with Gasteiger partial charge in [-0.3, -0.25) is 48.8 Å². The number of allylic oxidation sites excluding steroid dienone is 2. The van der Waals surface area contributed by atoms with Gasteiger partial charge < -0.3 is 14.7 Å². The summed E-state index contributed by atoms with van der Waals surface area (Å²) in [5.41, 5.74) is 2.95. The Balaban J connectivity index is 0.882. The van der Waals surface area contributed by atoms with E-state index in [4.69, 9.17) is 11.6 Å². The maximum absolute atomic E-state index is 13.2. The third kappa shape index (κ3) is 8.78. The van der Waals surface area contributed by atoms with Crippen LogP contribution >= 0.6 is 11.6 Å². The maximum atomic E-state index is 13.2. The lowest BCUT2D eigenvalue weighted by Gasteiger charge is -2.39. The molecule has 1 spiro atoms. The lowest BCUT2D eigenvalue weighted by atomic mass is 9.76. The Hall–Kier alpha value is -3.81. The molecule has 2 atom stereocenters. The number of amides is 6. The summed E-state index contributed by atoms with van der Waals surface area (Å²) >= 11 is 5.95. The van der Waals surface area contributed by atoms with E-state index in [0.29, 0.717) is 44.4 Å². The Morgan fingerprint density at radius 1 is 0.906 bits per heavy atom. The number of likely N-dealkylation sites (tertiary alicyclic amines) is 3. The maximum Gasteiger partial charge on any atom is 0.261 e. The van der Waals surface area contributed by atoms with Crippen molar-refractivity contribution in [2.75, 3.05) is 77.9 Å². The highest BCUT2D eigenvalue weighted by Gasteiger charge is 2.46. The van der Waals surface area contributed by atoms with E-state index in [2.05, 4.69) is 46.0 Å². The van der Waals surface area contributed by atoms with Crippen molar-refractivity contribution >= 4 is 47.0 Å². The molecule has 6 aliphatic heterocycles. The Morgan fingerprint density at radius 2 is 1.62 bits per heavy atom. The average Bonchev–Trinajstić information content (AvgIpc) is 3.79. The first-order valence-electron chi connectivity index (χ1n) is 19.1. The molecule has 6 rings (SSSR count). The number of carbonyl (C=O) groups excluding carboxylic acids is 6. The Labute approximate surface area is 317 Å². The van der Waals surface area contributed by atoms with Gasteiger partial charge in [0.2, 0.25) is 23.6 Å². The molecule has 1 N–H and O–H groups in total. The van der Waals surface area contributed by atoms with E-state index in [-0.39, 0.29) is 41.2 Å². The number of piperazine rings is 1. The number of alkyl halides is 1. The summed E-state index contributed by atoms with van der Waals surface area (Å²) in [5, 5.41) is 2.21. The van der Waals surface area contributed by atoms with Gasteiger partial charge in [0.1, 0.15) is 6.04 Å². The summed E-state index contributed by atoms with van der Waals surface area (Å²) < 4.78 is 0. The van der Waals surface area contributed by atoms with Crippen molar-refractivity contribution in [2.45, 2.75) is 77.8 Å². The molecule has 14 heteroatoms. The third-order valence-corrected chi connectivity index (χ3v) is 12.3. The van der Waals surface area contributed by atoms with Crippen molar-refractivity contribution in [2.24, 2.45) is 5.41 Å². The van der Waals surface area contributed by atoms with Crippen LogP contribution in [0.1, 0.15) is 65.7 Å². The number of carbonyl (C=O) groups is 6. The van der Waals surface area contributed by atoms with Crippen LogP contribution in [-0.4, -0.2) is 155 Å². The van der Waals surface area contributed by atoms with Crippen molar-refractivity contribution in [3.8, 4) is 0 Å². The number of nitrogens with zero attached hydrogens (tertiary/aromatic N) is 6. The zero-order valence-corrected chi connectivity index (χ0v) is 32.2. The molecule has 0 aliphatic carbocycles. The molecular weight excluding hydrogens is 698 g/mol. The van der Waals surface area contributed by atoms with E-state index in [0.717, 1.165) is 75.7 Å². The van der Waals surface area contributed by atoms with Crippen LogP contribution in [0.3, 0.4) is 0 Å². The SMILES string of the molecule is CC1=C(/C=C2\CCN(C(=O)CN3CCN(C/C=C\CC(=O)N4CCC5(CC4)C[C@H](C)N(/C(C)=C/CCl)C5)CC3)C2)C(=O)N(C2CCC(=O)NC2=O)C1=O. The van der Waals surface area contributed by atoms with Crippen molar-refractivity contribution < 1.29 is 28.8 Å². The van der Waals surface area contributed by atoms with Crippen LogP contribution in [0, 0.1) is 5.41 Å². The first-order valence-corrected chi connectivity index (χ1v) is 19.7. The van der Waals surface area contributed by atoms with Crippen molar-refractivity contribution in [1.29, 1.82) is 0 Å². The minimum absolute atomic E-state index is 0.0339. The highest BCUT2D eigenvalue weighted by atomic mass is 35.5. The van der Waals surface area contributed by atoms with E-state index < -0.39 is 29.7 Å². The molecule has 0 aromatic rings. The molecule has 0 bridgehead atoms. The van der Waals surface area contributed by atoms with Crippen molar-refractivity contribution in [3.05, 3.63) is 46.7 Å². The van der Waals surface area contributed by atoms with E-state index in [1.807, 2.05) is 11.0 Å². The van der Waals surface area contributed by atoms with Gasteiger partial charge in [-0.15, -0.1) is 11.6 Å². The molecule has 6 aliphatic rings. The van der Waals surface area contributed by atoms with E-state index in [9.17, 15) is 28.8 Å². The Kier molecular flexibility index (Phi) is 12.2. The smallest absolute Gasteiger partial charge is 0.261 e. The number of hydrogen-bond donors (Lipinski definition) is 1. The molecule has 0 aromatic heterocycles. The standard InChI is InChI=1S/C39H54ClN7O6/c1-27(9-13-40)46-26-39(23-28(46)2)11-16-44(17-12-39)34(49)6-4-5-14-42-18-20-43(21-19-42)25-35(50)45-15-10-30(24-45)22-31-29(3)37(52)47(38(31)53)32-7-8-33(48)41-36(32)51/h4-5,9,22,28,32H,6-8,10-21,23-26H2,1-3H3,(H,41,48,51)/b5-4-,27-9+,30-22+/t28-,32?/m0/s1. The van der Waals surface area contributed by atoms with E-state index in [1.54, 1.807) is 17.9 Å². The number of piperidine rings is 2. The van der Waals surface area contributed by atoms with E-state index >= 15 is 0 Å². The van der Waals surface area contributed by atoms with E-state index in [1.165, 1.54) is 12.1 Å². The second-order valence-electron chi connectivity index (χ2n) is 15.7. The zero-order valence-electron chi connectivity index (χ0n) is 31.4. The van der Waals surface area contributed by atoms with Gasteiger partial charge in [0.15, 0.2) is 0 Å². The monoisotopic (exact) mass is 751 g/mol. The summed E-state index contributed by atoms with van der Waals surface area (Å²) in [6, 6.07) is -0.498. The molecule has 0 aromatic carbocycles. The second-order valence-corrected chi connectivity index (χ2v) is 16.0. The molecule has 6 heterocycles. The van der Waals surface area contributed by atoms with Crippen LogP contribution in [0.4, 0.5) is 0 Å². The summed E-state index contributed by atoms with van der Waals surface area (Å²) in [6.07, 6.45) is 12.4. The largest absolute Gasteiger partial charge is 0.372 e. The van der Waals surface area contributed by atoms with Crippen molar-refractivity contribution in [3.63, 3.8) is 0 Å². The molecular formula is C39H54ClN7O6. The number of halogens is 1. The quantitative estimate of drug-likeness (QED) is 0.202. The summed E-state index contributed by atoms with van der Waals surface area (Å²) in [5.74, 6) is -1.33. The topological polar surface area (TPSA) is 134 Å².